The van der Waals surface area contributed by atoms with Crippen LogP contribution in [0.25, 0.3) is 0 Å². The van der Waals surface area contributed by atoms with Gasteiger partial charge in [0.1, 0.15) is 12.6 Å². The van der Waals surface area contributed by atoms with Gasteiger partial charge < -0.3 is 15.2 Å². The number of carbonyl (C=O) groups excluding carboxylic acids is 1. The molecule has 20 heavy (non-hydrogen) atoms. The molecule has 2 N–H and O–H groups in total. The van der Waals surface area contributed by atoms with Crippen molar-refractivity contribution >= 4 is 11.9 Å². The average molecular weight is 285 g/mol. The van der Waals surface area contributed by atoms with Crippen LogP contribution < -0.4 is 5.32 Å². The molecule has 5 heteroatoms. The van der Waals surface area contributed by atoms with Gasteiger partial charge in [-0.15, -0.1) is 0 Å². The number of carboxylic acid groups (broad SMARTS) is 1. The molecule has 5 nitrogen and oxygen atoms in total. The molecule has 0 heterocycles. The van der Waals surface area contributed by atoms with Crippen LogP contribution in [0.4, 0.5) is 0 Å². The third-order valence-corrected chi connectivity index (χ3v) is 3.80. The van der Waals surface area contributed by atoms with Gasteiger partial charge in [0.15, 0.2) is 0 Å². The fourth-order valence-corrected chi connectivity index (χ4v) is 2.64. The number of nitrogens with one attached hydrogen (secondary N) is 1. The Bertz CT molecular complexity index is 330. The molecule has 3 atom stereocenters. The molecule has 2 unspecified atom stereocenters. The lowest BCUT2D eigenvalue weighted by Gasteiger charge is -2.28. The van der Waals surface area contributed by atoms with Gasteiger partial charge in [0, 0.05) is 0 Å². The summed E-state index contributed by atoms with van der Waals surface area (Å²) in [7, 11) is 0. The molecular weight excluding hydrogens is 258 g/mol. The number of aliphatic carboxylic acids is 1. The third-order valence-electron chi connectivity index (χ3n) is 3.80. The van der Waals surface area contributed by atoms with Crippen LogP contribution in [0.15, 0.2) is 0 Å². The predicted molar refractivity (Wildman–Crippen MR) is 76.4 cm³/mol. The van der Waals surface area contributed by atoms with Crippen molar-refractivity contribution in [3.05, 3.63) is 0 Å². The maximum absolute atomic E-state index is 11.8. The van der Waals surface area contributed by atoms with E-state index in [1.165, 1.54) is 6.42 Å². The molecule has 0 saturated heterocycles. The van der Waals surface area contributed by atoms with E-state index in [0.717, 1.165) is 19.3 Å². The molecule has 0 aromatic rings. The molecule has 0 aliphatic heterocycles. The molecule has 1 aliphatic carbocycles. The van der Waals surface area contributed by atoms with E-state index in [4.69, 9.17) is 9.84 Å². The standard InChI is InChI=1S/C15H27NO4/c1-10(2)8-12(15(18)19)16-14(17)9-20-13-7-5-4-6-11(13)3/h10-13H,4-9H2,1-3H3,(H,16,17)(H,18,19)/t11?,12-,13?/m0/s1. The summed E-state index contributed by atoms with van der Waals surface area (Å²) in [6.07, 6.45) is 5.05. The van der Waals surface area contributed by atoms with Crippen LogP contribution in [-0.4, -0.2) is 35.7 Å². The van der Waals surface area contributed by atoms with Crippen molar-refractivity contribution < 1.29 is 19.4 Å². The Morgan fingerprint density at radius 2 is 1.95 bits per heavy atom. The minimum atomic E-state index is -0.988. The van der Waals surface area contributed by atoms with Crippen molar-refractivity contribution in [2.75, 3.05) is 6.61 Å². The van der Waals surface area contributed by atoms with Crippen molar-refractivity contribution in [1.82, 2.24) is 5.32 Å². The van der Waals surface area contributed by atoms with Gasteiger partial charge in [-0.2, -0.15) is 0 Å². The molecule has 0 radical (unpaired) electrons. The Labute approximate surface area is 121 Å². The first-order valence-corrected chi connectivity index (χ1v) is 7.54. The molecule has 116 valence electrons. The van der Waals surface area contributed by atoms with Gasteiger partial charge in [-0.3, -0.25) is 4.79 Å². The molecule has 1 rings (SSSR count). The van der Waals surface area contributed by atoms with Crippen LogP contribution in [0, 0.1) is 11.8 Å². The molecular formula is C15H27NO4. The van der Waals surface area contributed by atoms with Crippen molar-refractivity contribution in [2.45, 2.75) is 65.0 Å². The Balaban J connectivity index is 2.35. The lowest BCUT2D eigenvalue weighted by Crippen LogP contribution is -2.44. The quantitative estimate of drug-likeness (QED) is 0.752. The van der Waals surface area contributed by atoms with E-state index < -0.39 is 12.0 Å². The lowest BCUT2D eigenvalue weighted by molar-refractivity contribution is -0.143. The fourth-order valence-electron chi connectivity index (χ4n) is 2.64. The first-order valence-electron chi connectivity index (χ1n) is 7.54. The predicted octanol–water partition coefficient (Wildman–Crippen LogP) is 2.20. The SMILES string of the molecule is CC(C)C[C@H](NC(=O)COC1CCCCC1C)C(=O)O. The first-order chi connectivity index (χ1) is 9.40. The molecule has 1 saturated carbocycles. The van der Waals surface area contributed by atoms with E-state index >= 15 is 0 Å². The summed E-state index contributed by atoms with van der Waals surface area (Å²) in [6, 6.07) is -0.824. The molecule has 1 fully saturated rings. The van der Waals surface area contributed by atoms with E-state index in [2.05, 4.69) is 12.2 Å². The van der Waals surface area contributed by atoms with Crippen LogP contribution in [0.3, 0.4) is 0 Å². The van der Waals surface area contributed by atoms with Crippen molar-refractivity contribution in [1.29, 1.82) is 0 Å². The van der Waals surface area contributed by atoms with Crippen LogP contribution >= 0.6 is 0 Å². The Hall–Kier alpha value is -1.10. The highest BCUT2D eigenvalue weighted by Gasteiger charge is 2.24. The number of carboxylic acids is 1. The van der Waals surface area contributed by atoms with E-state index in [9.17, 15) is 9.59 Å². The third kappa shape index (κ3) is 5.90. The van der Waals surface area contributed by atoms with Crippen LogP contribution in [-0.2, 0) is 14.3 Å². The highest BCUT2D eigenvalue weighted by atomic mass is 16.5. The maximum Gasteiger partial charge on any atom is 0.326 e. The normalized spacial score (nSPS) is 24.4. The van der Waals surface area contributed by atoms with Crippen molar-refractivity contribution in [3.63, 3.8) is 0 Å². The Morgan fingerprint density at radius 1 is 1.30 bits per heavy atom. The number of amides is 1. The summed E-state index contributed by atoms with van der Waals surface area (Å²) in [5.74, 6) is -0.632. The van der Waals surface area contributed by atoms with Gasteiger partial charge in [0.05, 0.1) is 6.10 Å². The number of hydrogen-bond acceptors (Lipinski definition) is 3. The largest absolute Gasteiger partial charge is 0.480 e. The van der Waals surface area contributed by atoms with Gasteiger partial charge in [-0.05, 0) is 31.1 Å². The topological polar surface area (TPSA) is 75.6 Å². The smallest absolute Gasteiger partial charge is 0.326 e. The molecule has 0 aromatic carbocycles. The molecule has 1 aliphatic rings. The second-order valence-electron chi connectivity index (χ2n) is 6.20. The maximum atomic E-state index is 11.8. The molecule has 0 spiro atoms. The second kappa shape index (κ2) is 8.25. The molecule has 0 bridgehead atoms. The molecule has 1 amide bonds. The van der Waals surface area contributed by atoms with Crippen LogP contribution in [0.2, 0.25) is 0 Å². The summed E-state index contributed by atoms with van der Waals surface area (Å²) >= 11 is 0. The fraction of sp³-hybridized carbons (Fsp3) is 0.867. The van der Waals surface area contributed by atoms with E-state index in [1.54, 1.807) is 0 Å². The summed E-state index contributed by atoms with van der Waals surface area (Å²) in [4.78, 5) is 22.9. The molecule has 0 aromatic heterocycles. The highest BCUT2D eigenvalue weighted by Crippen LogP contribution is 2.26. The number of rotatable bonds is 7. The van der Waals surface area contributed by atoms with Gasteiger partial charge >= 0.3 is 5.97 Å². The highest BCUT2D eigenvalue weighted by molar-refractivity contribution is 5.84. The number of hydrogen-bond donors (Lipinski definition) is 2. The summed E-state index contributed by atoms with van der Waals surface area (Å²) < 4.78 is 5.64. The first kappa shape index (κ1) is 17.0. The monoisotopic (exact) mass is 285 g/mol. The van der Waals surface area contributed by atoms with Gasteiger partial charge in [0.2, 0.25) is 5.91 Å². The average Bonchev–Trinajstić information content (AvgIpc) is 2.36. The van der Waals surface area contributed by atoms with Crippen molar-refractivity contribution in [2.24, 2.45) is 11.8 Å². The zero-order valence-electron chi connectivity index (χ0n) is 12.7. The van der Waals surface area contributed by atoms with Gasteiger partial charge in [-0.25, -0.2) is 4.79 Å². The zero-order valence-corrected chi connectivity index (χ0v) is 12.7. The lowest BCUT2D eigenvalue weighted by atomic mass is 9.88. The van der Waals surface area contributed by atoms with Gasteiger partial charge in [0.25, 0.3) is 0 Å². The van der Waals surface area contributed by atoms with E-state index in [0.29, 0.717) is 12.3 Å². The van der Waals surface area contributed by atoms with Crippen LogP contribution in [0.5, 0.6) is 0 Å². The Kier molecular flexibility index (Phi) is 6.99. The number of ether oxygens (including phenoxy) is 1. The summed E-state index contributed by atoms with van der Waals surface area (Å²) in [5, 5.41) is 11.6. The zero-order chi connectivity index (χ0) is 15.1. The summed E-state index contributed by atoms with van der Waals surface area (Å²) in [6.45, 7) is 5.96. The second-order valence-corrected chi connectivity index (χ2v) is 6.20. The number of carbonyl (C=O) groups is 2. The van der Waals surface area contributed by atoms with E-state index in [1.807, 2.05) is 13.8 Å². The van der Waals surface area contributed by atoms with Crippen LogP contribution in [0.1, 0.15) is 52.9 Å². The summed E-state index contributed by atoms with van der Waals surface area (Å²) in [5.41, 5.74) is 0. The Morgan fingerprint density at radius 3 is 2.50 bits per heavy atom. The van der Waals surface area contributed by atoms with Crippen molar-refractivity contribution in [3.8, 4) is 0 Å². The van der Waals surface area contributed by atoms with E-state index in [-0.39, 0.29) is 24.5 Å². The minimum Gasteiger partial charge on any atom is -0.480 e. The minimum absolute atomic E-state index is 0.0448. The van der Waals surface area contributed by atoms with Gasteiger partial charge in [-0.1, -0.05) is 33.6 Å².